The van der Waals surface area contributed by atoms with Gasteiger partial charge in [-0.05, 0) is 37.8 Å². The van der Waals surface area contributed by atoms with E-state index in [4.69, 9.17) is 9.97 Å². The number of aromatic nitrogens is 5. The molecule has 13 nitrogen and oxygen atoms in total. The van der Waals surface area contributed by atoms with E-state index in [9.17, 15) is 19.8 Å². The zero-order valence-corrected chi connectivity index (χ0v) is 23.7. The SMILES string of the molecule is CCC(=O)N[C@H]1CC(n2cnc3c(NC(CC)CC)nc(N4CC[C@@H](NC(=O)c5ccncc5)C4)nc32)[C@H](O)[C@@H]1O. The number of nitrogens with zero attached hydrogens (tertiary/aromatic N) is 6. The summed E-state index contributed by atoms with van der Waals surface area (Å²) in [5.41, 5.74) is 1.67. The van der Waals surface area contributed by atoms with E-state index in [0.717, 1.165) is 19.3 Å². The number of carbonyl (C=O) groups is 2. The summed E-state index contributed by atoms with van der Waals surface area (Å²) < 4.78 is 1.78. The Kier molecular flexibility index (Phi) is 8.64. The van der Waals surface area contributed by atoms with Gasteiger partial charge in [0.05, 0.1) is 18.4 Å². The first-order valence-electron chi connectivity index (χ1n) is 14.4. The number of aliphatic hydroxyl groups excluding tert-OH is 2. The molecule has 0 spiro atoms. The first-order valence-corrected chi connectivity index (χ1v) is 14.4. The highest BCUT2D eigenvalue weighted by molar-refractivity contribution is 5.94. The van der Waals surface area contributed by atoms with Crippen molar-refractivity contribution in [3.63, 3.8) is 0 Å². The standard InChI is InChI=1S/C28H39N9O4/c1-4-17(5-2)31-25-22-26(37(15-30-22)20-13-19(23(39)24(20)40)33-21(38)6-3)35-28(34-25)36-12-9-18(14-36)32-27(41)16-7-10-29-11-8-16/h7-8,10-11,15,17-20,23-24,39-40H,4-6,9,12-14H2,1-3H3,(H,32,41)(H,33,38)(H,31,34,35)/t18-,19+,20?,23-,24+/m1/s1. The summed E-state index contributed by atoms with van der Waals surface area (Å²) in [6, 6.07) is 2.36. The van der Waals surface area contributed by atoms with Crippen LogP contribution >= 0.6 is 0 Å². The van der Waals surface area contributed by atoms with E-state index in [1.54, 1.807) is 42.3 Å². The predicted molar refractivity (Wildman–Crippen MR) is 154 cm³/mol. The van der Waals surface area contributed by atoms with Crippen LogP contribution in [0.2, 0.25) is 0 Å². The fourth-order valence-corrected chi connectivity index (χ4v) is 5.64. The van der Waals surface area contributed by atoms with Crippen molar-refractivity contribution in [1.82, 2.24) is 35.1 Å². The van der Waals surface area contributed by atoms with Crippen LogP contribution in [0.3, 0.4) is 0 Å². The fourth-order valence-electron chi connectivity index (χ4n) is 5.64. The van der Waals surface area contributed by atoms with Crippen LogP contribution in [0.5, 0.6) is 0 Å². The number of fused-ring (bicyclic) bond motifs is 1. The lowest BCUT2D eigenvalue weighted by molar-refractivity contribution is -0.122. The zero-order valence-electron chi connectivity index (χ0n) is 23.7. The van der Waals surface area contributed by atoms with E-state index in [1.165, 1.54) is 0 Å². The largest absolute Gasteiger partial charge is 0.388 e. The summed E-state index contributed by atoms with van der Waals surface area (Å²) in [5, 5.41) is 31.1. The average molecular weight is 566 g/mol. The second-order valence-electron chi connectivity index (χ2n) is 10.8. The number of rotatable bonds is 10. The van der Waals surface area contributed by atoms with Crippen LogP contribution in [0.25, 0.3) is 11.2 Å². The van der Waals surface area contributed by atoms with Crippen LogP contribution < -0.4 is 20.9 Å². The first-order chi connectivity index (χ1) is 19.8. The Bertz CT molecular complexity index is 1360. The van der Waals surface area contributed by atoms with Crippen LogP contribution in [0.1, 0.15) is 69.3 Å². The van der Waals surface area contributed by atoms with Crippen LogP contribution in [0.4, 0.5) is 11.8 Å². The highest BCUT2D eigenvalue weighted by Crippen LogP contribution is 2.35. The van der Waals surface area contributed by atoms with Gasteiger partial charge in [-0.2, -0.15) is 9.97 Å². The number of amides is 2. The lowest BCUT2D eigenvalue weighted by Crippen LogP contribution is -2.42. The Hall–Kier alpha value is -3.84. The van der Waals surface area contributed by atoms with E-state index in [-0.39, 0.29) is 23.9 Å². The summed E-state index contributed by atoms with van der Waals surface area (Å²) >= 11 is 0. The number of nitrogens with one attached hydrogen (secondary N) is 3. The van der Waals surface area contributed by atoms with Gasteiger partial charge in [0, 0.05) is 49.6 Å². The van der Waals surface area contributed by atoms with E-state index >= 15 is 0 Å². The molecule has 1 aliphatic heterocycles. The van der Waals surface area contributed by atoms with Crippen LogP contribution in [-0.2, 0) is 4.79 Å². The number of hydrogen-bond donors (Lipinski definition) is 5. The molecule has 0 aromatic carbocycles. The van der Waals surface area contributed by atoms with Crippen molar-refractivity contribution >= 4 is 34.7 Å². The Labute approximate surface area is 238 Å². The Morgan fingerprint density at radius 1 is 1.07 bits per heavy atom. The van der Waals surface area contributed by atoms with Crippen molar-refractivity contribution in [2.45, 2.75) is 89.3 Å². The molecule has 5 rings (SSSR count). The van der Waals surface area contributed by atoms with Gasteiger partial charge in [0.15, 0.2) is 17.0 Å². The Morgan fingerprint density at radius 2 is 1.83 bits per heavy atom. The predicted octanol–water partition coefficient (Wildman–Crippen LogP) is 1.39. The van der Waals surface area contributed by atoms with Gasteiger partial charge in [-0.3, -0.25) is 14.6 Å². The fraction of sp³-hybridized carbons (Fsp3) is 0.571. The van der Waals surface area contributed by atoms with Crippen molar-refractivity contribution in [2.75, 3.05) is 23.3 Å². The molecular weight excluding hydrogens is 526 g/mol. The maximum atomic E-state index is 12.7. The zero-order chi connectivity index (χ0) is 29.1. The number of imidazole rings is 1. The molecule has 13 heteroatoms. The molecule has 5 N–H and O–H groups in total. The minimum Gasteiger partial charge on any atom is -0.388 e. The summed E-state index contributed by atoms with van der Waals surface area (Å²) in [7, 11) is 0. The van der Waals surface area contributed by atoms with E-state index in [0.29, 0.717) is 54.4 Å². The molecule has 0 bridgehead atoms. The van der Waals surface area contributed by atoms with Crippen LogP contribution in [0.15, 0.2) is 30.9 Å². The molecule has 1 aliphatic carbocycles. The maximum Gasteiger partial charge on any atom is 0.251 e. The van der Waals surface area contributed by atoms with Gasteiger partial charge in [0.2, 0.25) is 11.9 Å². The molecule has 3 aromatic heterocycles. The molecule has 41 heavy (non-hydrogen) atoms. The molecule has 2 aliphatic rings. The van der Waals surface area contributed by atoms with Crippen molar-refractivity contribution in [2.24, 2.45) is 0 Å². The van der Waals surface area contributed by atoms with Crippen LogP contribution in [-0.4, -0.2) is 90.0 Å². The van der Waals surface area contributed by atoms with Crippen molar-refractivity contribution in [3.8, 4) is 0 Å². The lowest BCUT2D eigenvalue weighted by Gasteiger charge is -2.22. The number of hydrogen-bond acceptors (Lipinski definition) is 10. The van der Waals surface area contributed by atoms with Crippen molar-refractivity contribution < 1.29 is 19.8 Å². The molecule has 1 unspecified atom stereocenters. The maximum absolute atomic E-state index is 12.7. The molecule has 3 aromatic rings. The van der Waals surface area contributed by atoms with Gasteiger partial charge < -0.3 is 35.6 Å². The monoisotopic (exact) mass is 565 g/mol. The highest BCUT2D eigenvalue weighted by Gasteiger charge is 2.44. The van der Waals surface area contributed by atoms with Gasteiger partial charge in [0.25, 0.3) is 5.91 Å². The molecule has 2 fully saturated rings. The highest BCUT2D eigenvalue weighted by atomic mass is 16.3. The Balaban J connectivity index is 1.43. The lowest BCUT2D eigenvalue weighted by atomic mass is 10.2. The molecule has 220 valence electrons. The second-order valence-corrected chi connectivity index (χ2v) is 10.8. The Morgan fingerprint density at radius 3 is 2.54 bits per heavy atom. The molecule has 0 radical (unpaired) electrons. The summed E-state index contributed by atoms with van der Waals surface area (Å²) in [6.07, 6.45) is 5.75. The third kappa shape index (κ3) is 5.96. The molecule has 1 saturated carbocycles. The third-order valence-corrected chi connectivity index (χ3v) is 8.16. The third-order valence-electron chi connectivity index (χ3n) is 8.16. The van der Waals surface area contributed by atoms with Gasteiger partial charge in [0.1, 0.15) is 12.2 Å². The van der Waals surface area contributed by atoms with Gasteiger partial charge in [-0.15, -0.1) is 0 Å². The van der Waals surface area contributed by atoms with Gasteiger partial charge >= 0.3 is 0 Å². The minimum atomic E-state index is -1.11. The van der Waals surface area contributed by atoms with E-state index in [1.807, 2.05) is 4.90 Å². The van der Waals surface area contributed by atoms with Gasteiger partial charge in [-0.25, -0.2) is 4.98 Å². The summed E-state index contributed by atoms with van der Waals surface area (Å²) in [5.74, 6) is 0.768. The van der Waals surface area contributed by atoms with E-state index < -0.39 is 24.3 Å². The minimum absolute atomic E-state index is 0.0787. The quantitative estimate of drug-likeness (QED) is 0.242. The smallest absolute Gasteiger partial charge is 0.251 e. The number of carbonyl (C=O) groups excluding carboxylic acids is 2. The van der Waals surface area contributed by atoms with Crippen molar-refractivity contribution in [1.29, 1.82) is 0 Å². The normalized spacial score (nSPS) is 24.2. The molecular formula is C28H39N9O4. The average Bonchev–Trinajstić information content (AvgIpc) is 3.70. The summed E-state index contributed by atoms with van der Waals surface area (Å²) in [6.45, 7) is 7.15. The topological polar surface area (TPSA) is 170 Å². The van der Waals surface area contributed by atoms with E-state index in [2.05, 4.69) is 39.8 Å². The number of pyridine rings is 1. The number of anilines is 2. The molecule has 1 saturated heterocycles. The van der Waals surface area contributed by atoms with Crippen molar-refractivity contribution in [3.05, 3.63) is 36.4 Å². The van der Waals surface area contributed by atoms with Crippen LogP contribution in [0, 0.1) is 0 Å². The number of aliphatic hydroxyl groups is 2. The molecule has 4 heterocycles. The first kappa shape index (κ1) is 28.7. The van der Waals surface area contributed by atoms with Gasteiger partial charge in [-0.1, -0.05) is 20.8 Å². The second kappa shape index (κ2) is 12.4. The molecule has 5 atom stereocenters. The molecule has 2 amide bonds. The summed E-state index contributed by atoms with van der Waals surface area (Å²) in [4.78, 5) is 45.1.